The van der Waals surface area contributed by atoms with E-state index in [0.29, 0.717) is 5.95 Å². The van der Waals surface area contributed by atoms with E-state index in [1.54, 1.807) is 12.4 Å². The van der Waals surface area contributed by atoms with Gasteiger partial charge in [-0.15, -0.1) is 0 Å². The maximum absolute atomic E-state index is 9.60. The summed E-state index contributed by atoms with van der Waals surface area (Å²) in [7, 11) is 0. The maximum atomic E-state index is 9.60. The number of rotatable bonds is 8. The maximum Gasteiger partial charge on any atom is 0.225 e. The first-order valence-electron chi connectivity index (χ1n) is 9.18. The minimum atomic E-state index is -0.106. The van der Waals surface area contributed by atoms with Gasteiger partial charge in [-0.25, -0.2) is 4.98 Å². The van der Waals surface area contributed by atoms with Crippen molar-refractivity contribution in [2.75, 3.05) is 30.4 Å². The average Bonchev–Trinajstić information content (AvgIpc) is 3.18. The number of anilines is 2. The second-order valence-electron chi connectivity index (χ2n) is 6.90. The van der Waals surface area contributed by atoms with Gasteiger partial charge in [-0.1, -0.05) is 13.8 Å². The number of ether oxygens (including phenoxy) is 1. The van der Waals surface area contributed by atoms with Crippen LogP contribution in [0.5, 0.6) is 0 Å². The molecule has 140 valence electrons. The molecule has 0 bridgehead atoms. The largest absolute Gasteiger partial charge is 0.394 e. The van der Waals surface area contributed by atoms with Crippen molar-refractivity contribution in [1.82, 2.24) is 15.0 Å². The Balaban J connectivity index is 1.83. The zero-order valence-electron chi connectivity index (χ0n) is 15.4. The molecule has 1 aliphatic heterocycles. The number of aliphatic hydroxyl groups is 1. The van der Waals surface area contributed by atoms with E-state index in [1.807, 2.05) is 18.2 Å². The van der Waals surface area contributed by atoms with Crippen LogP contribution in [-0.2, 0) is 4.74 Å². The summed E-state index contributed by atoms with van der Waals surface area (Å²) >= 11 is 0. The van der Waals surface area contributed by atoms with Crippen molar-refractivity contribution in [3.8, 4) is 11.3 Å². The highest BCUT2D eigenvalue weighted by Gasteiger charge is 2.17. The number of hydrogen-bond acceptors (Lipinski definition) is 7. The zero-order chi connectivity index (χ0) is 18.4. The summed E-state index contributed by atoms with van der Waals surface area (Å²) < 4.78 is 5.67. The smallest absolute Gasteiger partial charge is 0.225 e. The van der Waals surface area contributed by atoms with Gasteiger partial charge in [-0.3, -0.25) is 4.98 Å². The fourth-order valence-corrected chi connectivity index (χ4v) is 2.88. The topological polar surface area (TPSA) is 92.2 Å². The summed E-state index contributed by atoms with van der Waals surface area (Å²) in [5.41, 5.74) is 1.70. The molecule has 0 aromatic carbocycles. The van der Waals surface area contributed by atoms with Crippen molar-refractivity contribution < 1.29 is 9.84 Å². The molecule has 7 nitrogen and oxygen atoms in total. The number of pyridine rings is 1. The Morgan fingerprint density at radius 1 is 1.35 bits per heavy atom. The molecule has 0 unspecified atom stereocenters. The molecule has 26 heavy (non-hydrogen) atoms. The molecule has 1 aliphatic rings. The average molecular weight is 357 g/mol. The fraction of sp³-hybridized carbons (Fsp3) is 0.526. The van der Waals surface area contributed by atoms with Crippen LogP contribution in [0.4, 0.5) is 11.8 Å². The molecule has 0 radical (unpaired) electrons. The summed E-state index contributed by atoms with van der Waals surface area (Å²) in [5.74, 6) is 1.49. The predicted molar refractivity (Wildman–Crippen MR) is 102 cm³/mol. The normalized spacial score (nSPS) is 18.1. The molecule has 0 saturated carbocycles. The van der Waals surface area contributed by atoms with Crippen molar-refractivity contribution >= 4 is 11.8 Å². The first-order valence-corrected chi connectivity index (χ1v) is 9.18. The standard InChI is InChI=1S/C19H27N5O2/c1-13(2)17(12-25)23-19-22-16(14-5-3-7-20-10-14)9-18(24-19)21-11-15-6-4-8-26-15/h3,5,7,9-10,13,15,17,25H,4,6,8,11-12H2,1-2H3,(H2,21,22,23,24)/t15-,17+/m0/s1. The van der Waals surface area contributed by atoms with Crippen molar-refractivity contribution in [2.45, 2.75) is 38.8 Å². The van der Waals surface area contributed by atoms with Gasteiger partial charge in [0.1, 0.15) is 5.82 Å². The Kier molecular flexibility index (Phi) is 6.35. The van der Waals surface area contributed by atoms with E-state index in [9.17, 15) is 5.11 Å². The molecule has 3 heterocycles. The van der Waals surface area contributed by atoms with Crippen LogP contribution < -0.4 is 10.6 Å². The fourth-order valence-electron chi connectivity index (χ4n) is 2.88. The Bertz CT molecular complexity index is 690. The molecule has 3 rings (SSSR count). The van der Waals surface area contributed by atoms with Crippen molar-refractivity contribution in [2.24, 2.45) is 5.92 Å². The van der Waals surface area contributed by atoms with E-state index in [-0.39, 0.29) is 24.7 Å². The zero-order valence-corrected chi connectivity index (χ0v) is 15.4. The number of hydrogen-bond donors (Lipinski definition) is 3. The third kappa shape index (κ3) is 4.89. The van der Waals surface area contributed by atoms with E-state index in [4.69, 9.17) is 4.74 Å². The lowest BCUT2D eigenvalue weighted by atomic mass is 10.1. The van der Waals surface area contributed by atoms with Crippen molar-refractivity contribution in [3.63, 3.8) is 0 Å². The third-order valence-electron chi connectivity index (χ3n) is 4.53. The van der Waals surface area contributed by atoms with Gasteiger partial charge in [-0.2, -0.15) is 4.98 Å². The van der Waals surface area contributed by atoms with E-state index in [2.05, 4.69) is 39.4 Å². The van der Waals surface area contributed by atoms with E-state index >= 15 is 0 Å². The Labute approximate surface area is 154 Å². The molecule has 2 aromatic rings. The Morgan fingerprint density at radius 3 is 2.88 bits per heavy atom. The van der Waals surface area contributed by atoms with Crippen LogP contribution >= 0.6 is 0 Å². The van der Waals surface area contributed by atoms with Crippen molar-refractivity contribution in [3.05, 3.63) is 30.6 Å². The quantitative estimate of drug-likeness (QED) is 0.668. The summed E-state index contributed by atoms with van der Waals surface area (Å²) in [6.45, 7) is 5.68. The monoisotopic (exact) mass is 357 g/mol. The summed E-state index contributed by atoms with van der Waals surface area (Å²) in [5, 5.41) is 16.2. The van der Waals surface area contributed by atoms with Crippen LogP contribution in [0, 0.1) is 5.92 Å². The van der Waals surface area contributed by atoms with Gasteiger partial charge in [0, 0.05) is 37.2 Å². The highest BCUT2D eigenvalue weighted by Crippen LogP contribution is 2.22. The molecule has 1 fully saturated rings. The van der Waals surface area contributed by atoms with Crippen LogP contribution in [0.15, 0.2) is 30.6 Å². The van der Waals surface area contributed by atoms with Crippen LogP contribution in [0.25, 0.3) is 11.3 Å². The number of aromatic nitrogens is 3. The van der Waals surface area contributed by atoms with Gasteiger partial charge in [0.05, 0.1) is 24.4 Å². The van der Waals surface area contributed by atoms with Crippen LogP contribution in [0.1, 0.15) is 26.7 Å². The lowest BCUT2D eigenvalue weighted by Gasteiger charge is -2.21. The summed E-state index contributed by atoms with van der Waals surface area (Å²) in [6, 6.07) is 5.66. The molecule has 7 heteroatoms. The molecule has 3 N–H and O–H groups in total. The van der Waals surface area contributed by atoms with Gasteiger partial charge in [0.2, 0.25) is 5.95 Å². The van der Waals surface area contributed by atoms with Gasteiger partial charge < -0.3 is 20.5 Å². The second-order valence-corrected chi connectivity index (χ2v) is 6.90. The highest BCUT2D eigenvalue weighted by atomic mass is 16.5. The van der Waals surface area contributed by atoms with Gasteiger partial charge in [-0.05, 0) is 30.9 Å². The molecular formula is C19H27N5O2. The van der Waals surface area contributed by atoms with Crippen molar-refractivity contribution in [1.29, 1.82) is 0 Å². The predicted octanol–water partition coefficient (Wildman–Crippen LogP) is 2.56. The molecular weight excluding hydrogens is 330 g/mol. The lowest BCUT2D eigenvalue weighted by Crippen LogP contribution is -2.30. The molecule has 2 aromatic heterocycles. The minimum absolute atomic E-state index is 0.0246. The summed E-state index contributed by atoms with van der Waals surface area (Å²) in [4.78, 5) is 13.4. The van der Waals surface area contributed by atoms with Crippen LogP contribution in [-0.4, -0.2) is 52.0 Å². The molecule has 1 saturated heterocycles. The number of nitrogens with one attached hydrogen (secondary N) is 2. The number of aliphatic hydroxyl groups excluding tert-OH is 1. The lowest BCUT2D eigenvalue weighted by molar-refractivity contribution is 0.120. The number of nitrogens with zero attached hydrogens (tertiary/aromatic N) is 3. The van der Waals surface area contributed by atoms with Gasteiger partial charge in [0.25, 0.3) is 0 Å². The van der Waals surface area contributed by atoms with E-state index in [0.717, 1.165) is 43.1 Å². The van der Waals surface area contributed by atoms with E-state index < -0.39 is 0 Å². The molecule has 0 amide bonds. The van der Waals surface area contributed by atoms with Gasteiger partial charge >= 0.3 is 0 Å². The molecule has 0 spiro atoms. The highest BCUT2D eigenvalue weighted by molar-refractivity contribution is 5.63. The minimum Gasteiger partial charge on any atom is -0.394 e. The first kappa shape index (κ1) is 18.5. The molecule has 0 aliphatic carbocycles. The van der Waals surface area contributed by atoms with Crippen LogP contribution in [0.3, 0.4) is 0 Å². The Morgan fingerprint density at radius 2 is 2.23 bits per heavy atom. The van der Waals surface area contributed by atoms with Crippen LogP contribution in [0.2, 0.25) is 0 Å². The summed E-state index contributed by atoms with van der Waals surface area (Å²) in [6.07, 6.45) is 5.92. The SMILES string of the molecule is CC(C)[C@@H](CO)Nc1nc(NC[C@@H]2CCCO2)cc(-c2cccnc2)n1. The van der Waals surface area contributed by atoms with E-state index in [1.165, 1.54) is 0 Å². The Hall–Kier alpha value is -2.25. The third-order valence-corrected chi connectivity index (χ3v) is 4.53. The first-order chi connectivity index (χ1) is 12.7. The second kappa shape index (κ2) is 8.91. The van der Waals surface area contributed by atoms with Gasteiger partial charge in [0.15, 0.2) is 0 Å². The molecule has 2 atom stereocenters.